The van der Waals surface area contributed by atoms with Crippen molar-refractivity contribution < 1.29 is 14.4 Å². The predicted octanol–water partition coefficient (Wildman–Crippen LogP) is 2.46. The van der Waals surface area contributed by atoms with Gasteiger partial charge in [-0.1, -0.05) is 0 Å². The van der Waals surface area contributed by atoms with Crippen LogP contribution >= 0.6 is 0 Å². The molecule has 0 aliphatic carbocycles. The highest BCUT2D eigenvalue weighted by Gasteiger charge is 2.13. The van der Waals surface area contributed by atoms with E-state index in [9.17, 15) is 14.4 Å². The summed E-state index contributed by atoms with van der Waals surface area (Å²) in [6.45, 7) is 0. The molecule has 0 amide bonds. The highest BCUT2D eigenvalue weighted by atomic mass is 16.1. The normalized spacial score (nSPS) is 11.3. The quantitative estimate of drug-likeness (QED) is 0.492. The fourth-order valence-corrected chi connectivity index (χ4v) is 1.99. The minimum absolute atomic E-state index is 0.277. The number of carbonyl (C=O) groups is 3. The van der Waals surface area contributed by atoms with Gasteiger partial charge in [0.05, 0.1) is 0 Å². The monoisotopic (exact) mass is 369 g/mol. The topological polar surface area (TPSA) is 60.9 Å². The molecule has 0 atom stereocenters. The van der Waals surface area contributed by atoms with E-state index in [0.29, 0.717) is 16.7 Å². The first-order chi connectivity index (χ1) is 12.6. The van der Waals surface area contributed by atoms with E-state index in [1.54, 1.807) is 75.6 Å². The lowest BCUT2D eigenvalue weighted by Gasteiger charge is -2.08. The maximum Gasteiger partial charge on any atom is 0.187 e. The summed E-state index contributed by atoms with van der Waals surface area (Å²) in [5, 5.41) is 0. The van der Waals surface area contributed by atoms with Crippen LogP contribution in [0.5, 0.6) is 0 Å². The number of allylic oxidation sites excluding steroid dienone is 3. The minimum Gasteiger partial charge on any atom is -0.383 e. The summed E-state index contributed by atoms with van der Waals surface area (Å²) in [6, 6.07) is 4.53. The lowest BCUT2D eigenvalue weighted by molar-refractivity contribution is 0.104. The predicted molar refractivity (Wildman–Crippen MR) is 108 cm³/mol. The Morgan fingerprint density at radius 3 is 0.963 bits per heavy atom. The first-order valence-corrected chi connectivity index (χ1v) is 8.42. The maximum absolute atomic E-state index is 12.4. The van der Waals surface area contributed by atoms with Crippen molar-refractivity contribution in [2.75, 3.05) is 42.3 Å². The number of carbonyl (C=O) groups excluding carboxylic acids is 3. The number of rotatable bonds is 9. The second-order valence-corrected chi connectivity index (χ2v) is 6.73. The molecular formula is C21H27N3O3. The highest BCUT2D eigenvalue weighted by Crippen LogP contribution is 2.15. The van der Waals surface area contributed by atoms with Crippen molar-refractivity contribution in [3.05, 3.63) is 71.7 Å². The van der Waals surface area contributed by atoms with Gasteiger partial charge in [-0.15, -0.1) is 0 Å². The van der Waals surface area contributed by atoms with Crippen LogP contribution in [0.4, 0.5) is 0 Å². The molecule has 6 heteroatoms. The third kappa shape index (κ3) is 7.73. The van der Waals surface area contributed by atoms with Crippen LogP contribution in [0.15, 0.2) is 55.0 Å². The fourth-order valence-electron chi connectivity index (χ4n) is 1.99. The second-order valence-electron chi connectivity index (χ2n) is 6.73. The first kappa shape index (κ1) is 21.9. The van der Waals surface area contributed by atoms with Crippen molar-refractivity contribution >= 4 is 17.3 Å². The van der Waals surface area contributed by atoms with E-state index in [2.05, 4.69) is 0 Å². The van der Waals surface area contributed by atoms with Gasteiger partial charge < -0.3 is 14.7 Å². The zero-order valence-corrected chi connectivity index (χ0v) is 16.8. The molecule has 0 unspecified atom stereocenters. The third-order valence-electron chi connectivity index (χ3n) is 3.36. The molecule has 1 aromatic rings. The van der Waals surface area contributed by atoms with Gasteiger partial charge >= 0.3 is 0 Å². The average Bonchev–Trinajstić information content (AvgIpc) is 2.61. The zero-order chi connectivity index (χ0) is 20.6. The molecule has 0 saturated carbocycles. The van der Waals surface area contributed by atoms with Gasteiger partial charge in [-0.3, -0.25) is 14.4 Å². The van der Waals surface area contributed by atoms with Crippen LogP contribution in [0, 0.1) is 0 Å². The van der Waals surface area contributed by atoms with E-state index in [1.165, 1.54) is 36.4 Å². The van der Waals surface area contributed by atoms with Crippen molar-refractivity contribution in [1.82, 2.24) is 14.7 Å². The molecule has 1 rings (SSSR count). The number of benzene rings is 1. The molecule has 0 aliphatic heterocycles. The van der Waals surface area contributed by atoms with E-state index in [0.717, 1.165) is 0 Å². The standard InChI is InChI=1S/C21H27N3O3/c1-22(2)10-7-19(25)16-13-17(20(26)8-11-23(3)4)15-18(14-16)21(27)9-12-24(5)6/h7-15H,1-6H3/b10-7+,11-8+,12-9+. The maximum atomic E-state index is 12.4. The average molecular weight is 369 g/mol. The third-order valence-corrected chi connectivity index (χ3v) is 3.36. The molecule has 6 nitrogen and oxygen atoms in total. The Morgan fingerprint density at radius 1 is 0.556 bits per heavy atom. The van der Waals surface area contributed by atoms with Gasteiger partial charge in [0.15, 0.2) is 17.3 Å². The molecule has 0 heterocycles. The molecule has 27 heavy (non-hydrogen) atoms. The Kier molecular flexibility index (Phi) is 8.20. The summed E-state index contributed by atoms with van der Waals surface area (Å²) >= 11 is 0. The van der Waals surface area contributed by atoms with E-state index in [-0.39, 0.29) is 17.3 Å². The SMILES string of the molecule is CN(C)/C=C/C(=O)c1cc(C(=O)/C=C/N(C)C)cc(C(=O)/C=C/N(C)C)c1. The molecule has 0 spiro atoms. The van der Waals surface area contributed by atoms with Crippen molar-refractivity contribution in [3.63, 3.8) is 0 Å². The number of ketones is 3. The van der Waals surface area contributed by atoms with Gasteiger partial charge in [-0.05, 0) is 18.2 Å². The largest absolute Gasteiger partial charge is 0.383 e. The first-order valence-electron chi connectivity index (χ1n) is 8.42. The smallest absolute Gasteiger partial charge is 0.187 e. The fraction of sp³-hybridized carbons (Fsp3) is 0.286. The van der Waals surface area contributed by atoms with Crippen LogP contribution in [-0.2, 0) is 0 Å². The molecule has 1 aromatic carbocycles. The Labute approximate surface area is 161 Å². The molecule has 0 aliphatic rings. The summed E-state index contributed by atoms with van der Waals surface area (Å²) in [4.78, 5) is 42.5. The highest BCUT2D eigenvalue weighted by molar-refractivity contribution is 6.13. The molecular weight excluding hydrogens is 342 g/mol. The van der Waals surface area contributed by atoms with Gasteiger partial charge in [-0.2, -0.15) is 0 Å². The van der Waals surface area contributed by atoms with Crippen LogP contribution < -0.4 is 0 Å². The van der Waals surface area contributed by atoms with Crippen molar-refractivity contribution in [1.29, 1.82) is 0 Å². The Balaban J connectivity index is 3.35. The summed E-state index contributed by atoms with van der Waals surface area (Å²) in [7, 11) is 10.8. The Hall–Kier alpha value is -3.15. The molecule has 0 aromatic heterocycles. The summed E-state index contributed by atoms with van der Waals surface area (Å²) in [6.07, 6.45) is 9.08. The second kappa shape index (κ2) is 10.1. The Bertz CT molecular complexity index is 671. The van der Waals surface area contributed by atoms with Gasteiger partial charge in [0.1, 0.15) is 0 Å². The molecule has 0 fully saturated rings. The Morgan fingerprint density at radius 2 is 0.778 bits per heavy atom. The van der Waals surface area contributed by atoms with Crippen LogP contribution in [0.25, 0.3) is 0 Å². The van der Waals surface area contributed by atoms with Crippen molar-refractivity contribution in [2.24, 2.45) is 0 Å². The van der Waals surface area contributed by atoms with Gasteiger partial charge in [0, 0.05) is 95.8 Å². The lowest BCUT2D eigenvalue weighted by atomic mass is 9.98. The van der Waals surface area contributed by atoms with Crippen LogP contribution in [0.1, 0.15) is 31.1 Å². The van der Waals surface area contributed by atoms with Gasteiger partial charge in [-0.25, -0.2) is 0 Å². The zero-order valence-electron chi connectivity index (χ0n) is 16.8. The van der Waals surface area contributed by atoms with E-state index in [4.69, 9.17) is 0 Å². The minimum atomic E-state index is -0.277. The molecule has 144 valence electrons. The van der Waals surface area contributed by atoms with E-state index >= 15 is 0 Å². The van der Waals surface area contributed by atoms with Crippen molar-refractivity contribution in [2.45, 2.75) is 0 Å². The number of nitrogens with zero attached hydrogens (tertiary/aromatic N) is 3. The van der Waals surface area contributed by atoms with Crippen LogP contribution in [0.3, 0.4) is 0 Å². The van der Waals surface area contributed by atoms with Gasteiger partial charge in [0.2, 0.25) is 0 Å². The number of hydrogen-bond acceptors (Lipinski definition) is 6. The summed E-state index contributed by atoms with van der Waals surface area (Å²) in [5.74, 6) is -0.832. The molecule has 0 saturated heterocycles. The summed E-state index contributed by atoms with van der Waals surface area (Å²) in [5.41, 5.74) is 0.872. The summed E-state index contributed by atoms with van der Waals surface area (Å²) < 4.78 is 0. The molecule has 0 N–H and O–H groups in total. The van der Waals surface area contributed by atoms with Crippen LogP contribution in [0.2, 0.25) is 0 Å². The lowest BCUT2D eigenvalue weighted by Crippen LogP contribution is -2.08. The number of hydrogen-bond donors (Lipinski definition) is 0. The molecule has 0 radical (unpaired) electrons. The van der Waals surface area contributed by atoms with Gasteiger partial charge in [0.25, 0.3) is 0 Å². The van der Waals surface area contributed by atoms with E-state index < -0.39 is 0 Å². The molecule has 0 bridgehead atoms. The van der Waals surface area contributed by atoms with E-state index in [1.807, 2.05) is 0 Å². The van der Waals surface area contributed by atoms with Crippen molar-refractivity contribution in [3.8, 4) is 0 Å². The van der Waals surface area contributed by atoms with Crippen LogP contribution in [-0.4, -0.2) is 74.3 Å².